The number of benzene rings is 2. The van der Waals surface area contributed by atoms with Gasteiger partial charge >= 0.3 is 0 Å². The highest BCUT2D eigenvalue weighted by atomic mass is 35.5. The highest BCUT2D eigenvalue weighted by Crippen LogP contribution is 2.40. The molecule has 25 heavy (non-hydrogen) atoms. The molecule has 2 amide bonds. The Morgan fingerprint density at radius 1 is 0.920 bits per heavy atom. The second-order valence-corrected chi connectivity index (χ2v) is 6.45. The number of amides is 2. The zero-order valence-corrected chi connectivity index (χ0v) is 14.3. The lowest BCUT2D eigenvalue weighted by molar-refractivity contribution is -0.122. The molecule has 5 nitrogen and oxygen atoms in total. The second-order valence-electron chi connectivity index (χ2n) is 6.04. The molecular formula is C19H17ClN2O3. The fraction of sp³-hybridized carbons (Fsp3) is 0.211. The van der Waals surface area contributed by atoms with Crippen molar-refractivity contribution in [1.29, 1.82) is 0 Å². The summed E-state index contributed by atoms with van der Waals surface area (Å²) in [5.74, 6) is -1.14. The number of carbonyl (C=O) groups is 3. The van der Waals surface area contributed by atoms with E-state index >= 15 is 0 Å². The number of nitrogens with one attached hydrogen (secondary N) is 2. The van der Waals surface area contributed by atoms with Crippen LogP contribution in [0.15, 0.2) is 48.5 Å². The molecule has 1 fully saturated rings. The molecule has 1 aliphatic rings. The molecule has 0 aliphatic heterocycles. The molecule has 2 atom stereocenters. The Labute approximate surface area is 150 Å². The molecule has 0 radical (unpaired) electrons. The summed E-state index contributed by atoms with van der Waals surface area (Å²) in [7, 11) is 0. The van der Waals surface area contributed by atoms with E-state index in [1.165, 1.54) is 6.92 Å². The molecule has 128 valence electrons. The standard InChI is InChI=1S/C19H17ClN2O3/c1-11(23)12-6-8-13(9-7-12)21-18(24)14-10-15(14)19(25)22-17-5-3-2-4-16(17)20/h2-9,14-15H,10H2,1H3,(H,21,24)(H,22,25). The second kappa shape index (κ2) is 7.07. The molecule has 0 saturated heterocycles. The van der Waals surface area contributed by atoms with Gasteiger partial charge in [0.2, 0.25) is 11.8 Å². The largest absolute Gasteiger partial charge is 0.326 e. The molecule has 1 aliphatic carbocycles. The highest BCUT2D eigenvalue weighted by molar-refractivity contribution is 6.33. The van der Waals surface area contributed by atoms with Gasteiger partial charge in [-0.25, -0.2) is 0 Å². The van der Waals surface area contributed by atoms with Crippen LogP contribution in [0.25, 0.3) is 0 Å². The molecule has 0 aromatic heterocycles. The van der Waals surface area contributed by atoms with E-state index in [0.29, 0.717) is 28.4 Å². The van der Waals surface area contributed by atoms with Crippen molar-refractivity contribution in [3.05, 3.63) is 59.1 Å². The Bertz CT molecular complexity index is 833. The van der Waals surface area contributed by atoms with Gasteiger partial charge in [0.1, 0.15) is 0 Å². The Hall–Kier alpha value is -2.66. The van der Waals surface area contributed by atoms with E-state index in [1.807, 2.05) is 0 Å². The van der Waals surface area contributed by atoms with Gasteiger partial charge in [0.25, 0.3) is 0 Å². The number of carbonyl (C=O) groups excluding carboxylic acids is 3. The Balaban J connectivity index is 1.55. The summed E-state index contributed by atoms with van der Waals surface area (Å²) in [5, 5.41) is 5.99. The SMILES string of the molecule is CC(=O)c1ccc(NC(=O)C2CC2C(=O)Nc2ccccc2Cl)cc1. The number of halogens is 1. The molecule has 2 N–H and O–H groups in total. The van der Waals surface area contributed by atoms with Crippen molar-refractivity contribution in [1.82, 2.24) is 0 Å². The minimum Gasteiger partial charge on any atom is -0.326 e. The van der Waals surface area contributed by atoms with Crippen molar-refractivity contribution in [3.8, 4) is 0 Å². The average Bonchev–Trinajstić information content (AvgIpc) is 3.38. The van der Waals surface area contributed by atoms with Crippen LogP contribution in [0.4, 0.5) is 11.4 Å². The molecule has 1 saturated carbocycles. The van der Waals surface area contributed by atoms with E-state index in [1.54, 1.807) is 48.5 Å². The summed E-state index contributed by atoms with van der Waals surface area (Å²) in [6.07, 6.45) is 0.508. The molecule has 0 heterocycles. The number of rotatable bonds is 5. The van der Waals surface area contributed by atoms with Crippen molar-refractivity contribution in [3.63, 3.8) is 0 Å². The summed E-state index contributed by atoms with van der Waals surface area (Å²) in [6.45, 7) is 1.49. The number of ketones is 1. The van der Waals surface area contributed by atoms with Gasteiger partial charge in [-0.15, -0.1) is 0 Å². The number of anilines is 2. The van der Waals surface area contributed by atoms with Gasteiger partial charge in [0, 0.05) is 11.3 Å². The van der Waals surface area contributed by atoms with Crippen LogP contribution < -0.4 is 10.6 Å². The van der Waals surface area contributed by atoms with Gasteiger partial charge in [-0.05, 0) is 49.7 Å². The van der Waals surface area contributed by atoms with Crippen LogP contribution in [0.5, 0.6) is 0 Å². The third-order valence-electron chi connectivity index (χ3n) is 4.15. The zero-order valence-electron chi connectivity index (χ0n) is 13.6. The Morgan fingerprint density at radius 2 is 1.52 bits per heavy atom. The maximum absolute atomic E-state index is 12.2. The van der Waals surface area contributed by atoms with Crippen LogP contribution in [0.3, 0.4) is 0 Å². The molecule has 0 spiro atoms. The summed E-state index contributed by atoms with van der Waals surface area (Å²) in [5.41, 5.74) is 1.73. The van der Waals surface area contributed by atoms with E-state index in [4.69, 9.17) is 11.6 Å². The summed E-state index contributed by atoms with van der Waals surface area (Å²) < 4.78 is 0. The van der Waals surface area contributed by atoms with Gasteiger partial charge < -0.3 is 10.6 Å². The monoisotopic (exact) mass is 356 g/mol. The molecule has 3 rings (SSSR count). The maximum atomic E-state index is 12.2. The van der Waals surface area contributed by atoms with Crippen LogP contribution in [0.1, 0.15) is 23.7 Å². The summed E-state index contributed by atoms with van der Waals surface area (Å²) in [6, 6.07) is 13.6. The molecule has 2 unspecified atom stereocenters. The normalized spacial score (nSPS) is 18.3. The maximum Gasteiger partial charge on any atom is 0.228 e. The third-order valence-corrected chi connectivity index (χ3v) is 4.48. The van der Waals surface area contributed by atoms with Crippen LogP contribution in [-0.4, -0.2) is 17.6 Å². The molecule has 6 heteroatoms. The predicted octanol–water partition coefficient (Wildman–Crippen LogP) is 3.76. The first kappa shape index (κ1) is 17.2. The lowest BCUT2D eigenvalue weighted by Crippen LogP contribution is -2.20. The van der Waals surface area contributed by atoms with Crippen molar-refractivity contribution in [2.75, 3.05) is 10.6 Å². The summed E-state index contributed by atoms with van der Waals surface area (Å²) >= 11 is 6.02. The third kappa shape index (κ3) is 4.06. The van der Waals surface area contributed by atoms with E-state index < -0.39 is 0 Å². The molecular weight excluding hydrogens is 340 g/mol. The first-order chi connectivity index (χ1) is 12.0. The minimum absolute atomic E-state index is 0.0311. The van der Waals surface area contributed by atoms with Crippen LogP contribution >= 0.6 is 11.6 Å². The van der Waals surface area contributed by atoms with Gasteiger partial charge in [0.05, 0.1) is 22.5 Å². The molecule has 2 aromatic rings. The lowest BCUT2D eigenvalue weighted by atomic mass is 10.1. The van der Waals surface area contributed by atoms with Gasteiger partial charge in [0.15, 0.2) is 5.78 Å². The van der Waals surface area contributed by atoms with E-state index in [0.717, 1.165) is 0 Å². The van der Waals surface area contributed by atoms with Crippen molar-refractivity contribution in [2.24, 2.45) is 11.8 Å². The van der Waals surface area contributed by atoms with Crippen LogP contribution in [0.2, 0.25) is 5.02 Å². The van der Waals surface area contributed by atoms with Gasteiger partial charge in [-0.3, -0.25) is 14.4 Å². The van der Waals surface area contributed by atoms with Gasteiger partial charge in [-0.2, -0.15) is 0 Å². The quantitative estimate of drug-likeness (QED) is 0.801. The smallest absolute Gasteiger partial charge is 0.228 e. The van der Waals surface area contributed by atoms with Crippen molar-refractivity contribution in [2.45, 2.75) is 13.3 Å². The fourth-order valence-electron chi connectivity index (χ4n) is 2.59. The topological polar surface area (TPSA) is 75.3 Å². The average molecular weight is 357 g/mol. The van der Waals surface area contributed by atoms with Crippen LogP contribution in [-0.2, 0) is 9.59 Å². The highest BCUT2D eigenvalue weighted by Gasteiger charge is 2.48. The van der Waals surface area contributed by atoms with Crippen molar-refractivity contribution >= 4 is 40.6 Å². The predicted molar refractivity (Wildman–Crippen MR) is 96.8 cm³/mol. The summed E-state index contributed by atoms with van der Waals surface area (Å²) in [4.78, 5) is 35.7. The van der Waals surface area contributed by atoms with E-state index in [-0.39, 0.29) is 29.4 Å². The van der Waals surface area contributed by atoms with Gasteiger partial charge in [-0.1, -0.05) is 23.7 Å². The Kier molecular flexibility index (Phi) is 4.86. The first-order valence-electron chi connectivity index (χ1n) is 7.93. The number of Topliss-reactive ketones (excluding diaryl/α,β-unsaturated/α-hetero) is 1. The number of hydrogen-bond donors (Lipinski definition) is 2. The lowest BCUT2D eigenvalue weighted by Gasteiger charge is -2.07. The number of para-hydroxylation sites is 1. The minimum atomic E-state index is -0.354. The van der Waals surface area contributed by atoms with E-state index in [2.05, 4.69) is 10.6 Å². The fourth-order valence-corrected chi connectivity index (χ4v) is 2.77. The molecule has 2 aromatic carbocycles. The Morgan fingerprint density at radius 3 is 2.12 bits per heavy atom. The zero-order chi connectivity index (χ0) is 18.0. The van der Waals surface area contributed by atoms with E-state index in [9.17, 15) is 14.4 Å². The molecule has 0 bridgehead atoms. The van der Waals surface area contributed by atoms with Crippen molar-refractivity contribution < 1.29 is 14.4 Å². The number of hydrogen-bond acceptors (Lipinski definition) is 3. The van der Waals surface area contributed by atoms with Crippen LogP contribution in [0, 0.1) is 11.8 Å². The first-order valence-corrected chi connectivity index (χ1v) is 8.31.